The number of nitrogens with one attached hydrogen (secondary N) is 1. The van der Waals surface area contributed by atoms with Gasteiger partial charge >= 0.3 is 0 Å². The molecule has 0 atom stereocenters. The average molecular weight is 440 g/mol. The van der Waals surface area contributed by atoms with Crippen molar-refractivity contribution < 1.29 is 13.2 Å². The number of carbonyl (C=O) groups excluding carboxylic acids is 1. The number of sulfonamides is 1. The molecule has 1 saturated heterocycles. The van der Waals surface area contributed by atoms with E-state index in [-0.39, 0.29) is 10.8 Å². The van der Waals surface area contributed by atoms with Crippen molar-refractivity contribution in [1.82, 2.24) is 24.4 Å². The van der Waals surface area contributed by atoms with Crippen molar-refractivity contribution in [3.05, 3.63) is 77.9 Å². The first-order valence-corrected chi connectivity index (χ1v) is 11.7. The van der Waals surface area contributed by atoms with E-state index in [1.807, 2.05) is 24.3 Å². The molecule has 0 bridgehead atoms. The number of carbonyl (C=O) groups is 1. The van der Waals surface area contributed by atoms with E-state index >= 15 is 0 Å². The standard InChI is InChI=1S/C22H25N5O3S/c28-22(24-14-18-7-9-19(10-8-18)15-26-17-23-16-25-26)20-5-4-6-21(13-20)31(29,30)27-11-2-1-3-12-27/h4-10,13,16-17H,1-3,11-12,14-15H2,(H,24,28). The van der Waals surface area contributed by atoms with Crippen LogP contribution in [-0.2, 0) is 23.1 Å². The van der Waals surface area contributed by atoms with Crippen LogP contribution in [-0.4, -0.2) is 46.5 Å². The molecule has 4 rings (SSSR count). The van der Waals surface area contributed by atoms with Crippen LogP contribution >= 0.6 is 0 Å². The molecule has 0 spiro atoms. The van der Waals surface area contributed by atoms with Crippen molar-refractivity contribution in [3.8, 4) is 0 Å². The van der Waals surface area contributed by atoms with E-state index in [0.717, 1.165) is 30.4 Å². The number of aromatic nitrogens is 3. The highest BCUT2D eigenvalue weighted by atomic mass is 32.2. The molecule has 8 nitrogen and oxygen atoms in total. The van der Waals surface area contributed by atoms with Gasteiger partial charge in [0.15, 0.2) is 0 Å². The van der Waals surface area contributed by atoms with E-state index < -0.39 is 10.0 Å². The lowest BCUT2D eigenvalue weighted by Gasteiger charge is -2.26. The molecule has 162 valence electrons. The van der Waals surface area contributed by atoms with Crippen LogP contribution in [0.5, 0.6) is 0 Å². The molecule has 1 fully saturated rings. The number of amides is 1. The zero-order chi connectivity index (χ0) is 21.7. The Kier molecular flexibility index (Phi) is 6.43. The smallest absolute Gasteiger partial charge is 0.251 e. The fourth-order valence-corrected chi connectivity index (χ4v) is 5.16. The van der Waals surface area contributed by atoms with Gasteiger partial charge in [0.25, 0.3) is 5.91 Å². The van der Waals surface area contributed by atoms with Gasteiger partial charge in [-0.2, -0.15) is 9.40 Å². The van der Waals surface area contributed by atoms with Gasteiger partial charge in [0.1, 0.15) is 12.7 Å². The summed E-state index contributed by atoms with van der Waals surface area (Å²) >= 11 is 0. The summed E-state index contributed by atoms with van der Waals surface area (Å²) in [6.07, 6.45) is 5.95. The van der Waals surface area contributed by atoms with Crippen molar-refractivity contribution >= 4 is 15.9 Å². The van der Waals surface area contributed by atoms with Crippen LogP contribution in [0.15, 0.2) is 66.1 Å². The van der Waals surface area contributed by atoms with Gasteiger partial charge in [0.05, 0.1) is 11.4 Å². The molecule has 2 heterocycles. The molecule has 0 saturated carbocycles. The lowest BCUT2D eigenvalue weighted by molar-refractivity contribution is 0.0950. The van der Waals surface area contributed by atoms with Gasteiger partial charge in [0.2, 0.25) is 10.0 Å². The van der Waals surface area contributed by atoms with Crippen molar-refractivity contribution in [2.24, 2.45) is 0 Å². The molecule has 1 aromatic heterocycles. The summed E-state index contributed by atoms with van der Waals surface area (Å²) in [7, 11) is -3.57. The maximum absolute atomic E-state index is 12.9. The second-order valence-electron chi connectivity index (χ2n) is 7.58. The Morgan fingerprint density at radius 2 is 1.74 bits per heavy atom. The summed E-state index contributed by atoms with van der Waals surface area (Å²) in [5.41, 5.74) is 2.37. The quantitative estimate of drug-likeness (QED) is 0.610. The van der Waals surface area contributed by atoms with Gasteiger partial charge in [-0.3, -0.25) is 4.79 Å². The number of benzene rings is 2. The van der Waals surface area contributed by atoms with Crippen molar-refractivity contribution in [1.29, 1.82) is 0 Å². The van der Waals surface area contributed by atoms with Crippen molar-refractivity contribution in [2.75, 3.05) is 13.1 Å². The fourth-order valence-electron chi connectivity index (χ4n) is 3.60. The minimum absolute atomic E-state index is 0.166. The van der Waals surface area contributed by atoms with E-state index in [2.05, 4.69) is 15.4 Å². The Balaban J connectivity index is 1.38. The number of piperidine rings is 1. The Bertz CT molecular complexity index is 1120. The fraction of sp³-hybridized carbons (Fsp3) is 0.318. The van der Waals surface area contributed by atoms with E-state index in [9.17, 15) is 13.2 Å². The summed E-state index contributed by atoms with van der Waals surface area (Å²) in [5.74, 6) is -0.303. The molecule has 31 heavy (non-hydrogen) atoms. The van der Waals surface area contributed by atoms with E-state index in [0.29, 0.717) is 31.7 Å². The molecule has 3 aromatic rings. The molecule has 0 aliphatic carbocycles. The molecule has 9 heteroatoms. The summed E-state index contributed by atoms with van der Waals surface area (Å²) < 4.78 is 29.0. The second-order valence-corrected chi connectivity index (χ2v) is 9.52. The summed E-state index contributed by atoms with van der Waals surface area (Å²) in [6.45, 7) is 2.05. The first-order chi connectivity index (χ1) is 15.0. The predicted octanol–water partition coefficient (Wildman–Crippen LogP) is 2.43. The van der Waals surface area contributed by atoms with Gasteiger partial charge in [-0.1, -0.05) is 36.8 Å². The van der Waals surface area contributed by atoms with Gasteiger partial charge in [-0.25, -0.2) is 18.1 Å². The minimum Gasteiger partial charge on any atom is -0.348 e. The Morgan fingerprint density at radius 1 is 1.00 bits per heavy atom. The number of hydrogen-bond acceptors (Lipinski definition) is 5. The highest BCUT2D eigenvalue weighted by Gasteiger charge is 2.26. The van der Waals surface area contributed by atoms with Crippen LogP contribution in [0.1, 0.15) is 40.7 Å². The highest BCUT2D eigenvalue weighted by molar-refractivity contribution is 7.89. The Labute approximate surface area is 182 Å². The zero-order valence-electron chi connectivity index (χ0n) is 17.1. The minimum atomic E-state index is -3.57. The topological polar surface area (TPSA) is 97.2 Å². The molecule has 1 aliphatic rings. The largest absolute Gasteiger partial charge is 0.348 e. The van der Waals surface area contributed by atoms with Crippen LogP contribution in [0.3, 0.4) is 0 Å². The third kappa shape index (κ3) is 5.18. The van der Waals surface area contributed by atoms with Gasteiger partial charge < -0.3 is 5.32 Å². The lowest BCUT2D eigenvalue weighted by Crippen LogP contribution is -2.35. The molecule has 1 N–H and O–H groups in total. The lowest BCUT2D eigenvalue weighted by atomic mass is 10.1. The monoisotopic (exact) mass is 439 g/mol. The molecule has 0 unspecified atom stereocenters. The summed E-state index contributed by atoms with van der Waals surface area (Å²) in [4.78, 5) is 16.7. The first-order valence-electron chi connectivity index (χ1n) is 10.3. The van der Waals surface area contributed by atoms with Crippen LogP contribution < -0.4 is 5.32 Å². The summed E-state index contributed by atoms with van der Waals surface area (Å²) in [6, 6.07) is 14.1. The zero-order valence-corrected chi connectivity index (χ0v) is 18.0. The van der Waals surface area contributed by atoms with E-state index in [4.69, 9.17) is 0 Å². The summed E-state index contributed by atoms with van der Waals surface area (Å²) in [5, 5.41) is 6.95. The van der Waals surface area contributed by atoms with Crippen LogP contribution in [0, 0.1) is 0 Å². The SMILES string of the molecule is O=C(NCc1ccc(Cn2cncn2)cc1)c1cccc(S(=O)(=O)N2CCCCC2)c1. The van der Waals surface area contributed by atoms with Crippen LogP contribution in [0.25, 0.3) is 0 Å². The van der Waals surface area contributed by atoms with Gasteiger partial charge in [0, 0.05) is 25.2 Å². The second kappa shape index (κ2) is 9.40. The Hall–Kier alpha value is -3.04. The number of hydrogen-bond donors (Lipinski definition) is 1. The molecule has 1 amide bonds. The van der Waals surface area contributed by atoms with Gasteiger partial charge in [-0.05, 0) is 42.2 Å². The predicted molar refractivity (Wildman–Crippen MR) is 116 cm³/mol. The number of nitrogens with zero attached hydrogens (tertiary/aromatic N) is 4. The highest BCUT2D eigenvalue weighted by Crippen LogP contribution is 2.21. The third-order valence-electron chi connectivity index (χ3n) is 5.34. The molecule has 2 aromatic carbocycles. The average Bonchev–Trinajstić information content (AvgIpc) is 3.32. The van der Waals surface area contributed by atoms with E-state index in [1.54, 1.807) is 29.2 Å². The van der Waals surface area contributed by atoms with Crippen LogP contribution in [0.4, 0.5) is 0 Å². The molecule has 1 aliphatic heterocycles. The Morgan fingerprint density at radius 3 is 2.45 bits per heavy atom. The molecule has 0 radical (unpaired) electrons. The maximum atomic E-state index is 12.9. The van der Waals surface area contributed by atoms with E-state index in [1.165, 1.54) is 16.7 Å². The molecular formula is C22H25N5O3S. The third-order valence-corrected chi connectivity index (χ3v) is 7.23. The van der Waals surface area contributed by atoms with Crippen molar-refractivity contribution in [3.63, 3.8) is 0 Å². The normalized spacial score (nSPS) is 15.0. The number of rotatable bonds is 7. The first kappa shape index (κ1) is 21.2. The molecular weight excluding hydrogens is 414 g/mol. The van der Waals surface area contributed by atoms with Crippen LogP contribution in [0.2, 0.25) is 0 Å². The van der Waals surface area contributed by atoms with Crippen molar-refractivity contribution in [2.45, 2.75) is 37.2 Å². The van der Waals surface area contributed by atoms with Gasteiger partial charge in [-0.15, -0.1) is 0 Å². The maximum Gasteiger partial charge on any atom is 0.251 e.